The van der Waals surface area contributed by atoms with Crippen LogP contribution in [0.1, 0.15) is 11.1 Å². The van der Waals surface area contributed by atoms with Crippen molar-refractivity contribution < 1.29 is 9.63 Å². The standard InChI is InChI=1S/C22H18N2O2/c1-24(16-9-3-2-4-10-16)21(25)15-26-23-22-19-13-7-5-11-17(19)18-12-6-8-14-20(18)22/h2-14H,15H2,1H3. The minimum atomic E-state index is -0.153. The van der Waals surface area contributed by atoms with Crippen molar-refractivity contribution in [2.24, 2.45) is 5.16 Å². The van der Waals surface area contributed by atoms with E-state index in [2.05, 4.69) is 17.3 Å². The smallest absolute Gasteiger partial charge is 0.267 e. The minimum Gasteiger partial charge on any atom is -0.385 e. The Morgan fingerprint density at radius 1 is 0.808 bits per heavy atom. The fourth-order valence-corrected chi connectivity index (χ4v) is 3.14. The van der Waals surface area contributed by atoms with Crippen molar-refractivity contribution in [1.82, 2.24) is 0 Å². The van der Waals surface area contributed by atoms with Crippen LogP contribution in [0.15, 0.2) is 84.0 Å². The number of hydrogen-bond acceptors (Lipinski definition) is 3. The van der Waals surface area contributed by atoms with Crippen molar-refractivity contribution in [3.05, 3.63) is 90.0 Å². The second kappa shape index (κ2) is 6.84. The maximum atomic E-state index is 12.3. The predicted octanol–water partition coefficient (Wildman–Crippen LogP) is 4.10. The molecule has 0 spiro atoms. The van der Waals surface area contributed by atoms with Gasteiger partial charge in [-0.1, -0.05) is 71.9 Å². The molecule has 0 N–H and O–H groups in total. The van der Waals surface area contributed by atoms with Gasteiger partial charge < -0.3 is 9.74 Å². The van der Waals surface area contributed by atoms with E-state index >= 15 is 0 Å². The molecule has 0 saturated carbocycles. The Kier molecular flexibility index (Phi) is 4.23. The van der Waals surface area contributed by atoms with Crippen LogP contribution in [0, 0.1) is 0 Å². The Hall–Kier alpha value is -3.40. The van der Waals surface area contributed by atoms with Crippen molar-refractivity contribution in [2.45, 2.75) is 0 Å². The molecule has 4 rings (SSSR count). The average molecular weight is 342 g/mol. The Morgan fingerprint density at radius 2 is 1.31 bits per heavy atom. The largest absolute Gasteiger partial charge is 0.385 e. The van der Waals surface area contributed by atoms with Crippen LogP contribution >= 0.6 is 0 Å². The van der Waals surface area contributed by atoms with E-state index in [1.165, 1.54) is 0 Å². The summed E-state index contributed by atoms with van der Waals surface area (Å²) in [7, 11) is 1.73. The van der Waals surface area contributed by atoms with Crippen LogP contribution in [0.25, 0.3) is 11.1 Å². The highest BCUT2D eigenvalue weighted by Gasteiger charge is 2.24. The predicted molar refractivity (Wildman–Crippen MR) is 103 cm³/mol. The van der Waals surface area contributed by atoms with Crippen LogP contribution in [0.4, 0.5) is 5.69 Å². The highest BCUT2D eigenvalue weighted by Crippen LogP contribution is 2.36. The van der Waals surface area contributed by atoms with Crippen LogP contribution < -0.4 is 4.90 Å². The lowest BCUT2D eigenvalue weighted by molar-refractivity contribution is -0.122. The normalized spacial score (nSPS) is 11.5. The molecule has 1 aliphatic carbocycles. The van der Waals surface area contributed by atoms with Crippen molar-refractivity contribution >= 4 is 17.3 Å². The number of benzene rings is 3. The fraction of sp³-hybridized carbons (Fsp3) is 0.0909. The maximum absolute atomic E-state index is 12.3. The molecule has 0 fully saturated rings. The molecule has 3 aromatic carbocycles. The first-order valence-corrected chi connectivity index (χ1v) is 8.46. The number of para-hydroxylation sites is 1. The zero-order valence-corrected chi connectivity index (χ0v) is 14.4. The second-order valence-electron chi connectivity index (χ2n) is 6.09. The molecule has 4 heteroatoms. The van der Waals surface area contributed by atoms with E-state index in [1.54, 1.807) is 11.9 Å². The number of oxime groups is 1. The summed E-state index contributed by atoms with van der Waals surface area (Å²) in [5.41, 5.74) is 5.92. The molecule has 0 unspecified atom stereocenters. The Morgan fingerprint density at radius 3 is 1.88 bits per heavy atom. The molecule has 26 heavy (non-hydrogen) atoms. The number of anilines is 1. The summed E-state index contributed by atoms with van der Waals surface area (Å²) in [6.45, 7) is -0.112. The number of nitrogens with zero attached hydrogens (tertiary/aromatic N) is 2. The van der Waals surface area contributed by atoms with E-state index in [4.69, 9.17) is 4.84 Å². The lowest BCUT2D eigenvalue weighted by Crippen LogP contribution is -2.29. The molecule has 4 nitrogen and oxygen atoms in total. The Bertz CT molecular complexity index is 933. The highest BCUT2D eigenvalue weighted by molar-refractivity contribution is 6.24. The van der Waals surface area contributed by atoms with E-state index in [-0.39, 0.29) is 12.5 Å². The summed E-state index contributed by atoms with van der Waals surface area (Å²) in [5.74, 6) is -0.153. The lowest BCUT2D eigenvalue weighted by atomic mass is 10.1. The minimum absolute atomic E-state index is 0.112. The molecule has 128 valence electrons. The molecule has 0 heterocycles. The fourth-order valence-electron chi connectivity index (χ4n) is 3.14. The molecule has 0 radical (unpaired) electrons. The molecule has 0 saturated heterocycles. The van der Waals surface area contributed by atoms with E-state index in [1.807, 2.05) is 66.7 Å². The number of carbonyl (C=O) groups is 1. The molecule has 0 bridgehead atoms. The van der Waals surface area contributed by atoms with Gasteiger partial charge in [-0.3, -0.25) is 4.79 Å². The third kappa shape index (κ3) is 2.86. The van der Waals surface area contributed by atoms with Gasteiger partial charge in [-0.2, -0.15) is 0 Å². The average Bonchev–Trinajstić information content (AvgIpc) is 3.02. The van der Waals surface area contributed by atoms with Gasteiger partial charge in [0.15, 0.2) is 6.61 Å². The Balaban J connectivity index is 1.53. The number of amides is 1. The third-order valence-electron chi connectivity index (χ3n) is 4.52. The third-order valence-corrected chi connectivity index (χ3v) is 4.52. The van der Waals surface area contributed by atoms with Gasteiger partial charge in [0.25, 0.3) is 5.91 Å². The summed E-state index contributed by atoms with van der Waals surface area (Å²) in [6.07, 6.45) is 0. The number of hydrogen-bond donors (Lipinski definition) is 0. The second-order valence-corrected chi connectivity index (χ2v) is 6.09. The molecular formula is C22H18N2O2. The zero-order valence-electron chi connectivity index (χ0n) is 14.4. The van der Waals surface area contributed by atoms with Crippen molar-refractivity contribution in [2.75, 3.05) is 18.6 Å². The topological polar surface area (TPSA) is 41.9 Å². The quantitative estimate of drug-likeness (QED) is 0.524. The van der Waals surface area contributed by atoms with Crippen LogP contribution in [0.2, 0.25) is 0 Å². The first-order valence-electron chi connectivity index (χ1n) is 8.46. The first-order chi connectivity index (χ1) is 12.8. The zero-order chi connectivity index (χ0) is 17.9. The summed E-state index contributed by atoms with van der Waals surface area (Å²) in [5, 5.41) is 4.29. The van der Waals surface area contributed by atoms with Gasteiger partial charge in [-0.05, 0) is 23.3 Å². The molecule has 1 aliphatic rings. The summed E-state index contributed by atoms with van der Waals surface area (Å²) >= 11 is 0. The van der Waals surface area contributed by atoms with E-state index in [0.29, 0.717) is 0 Å². The van der Waals surface area contributed by atoms with E-state index in [0.717, 1.165) is 33.7 Å². The van der Waals surface area contributed by atoms with Gasteiger partial charge in [0.05, 0.1) is 0 Å². The Labute approximate surface area is 152 Å². The monoisotopic (exact) mass is 342 g/mol. The lowest BCUT2D eigenvalue weighted by Gasteiger charge is -2.16. The first kappa shape index (κ1) is 16.1. The van der Waals surface area contributed by atoms with Crippen LogP contribution in [0.3, 0.4) is 0 Å². The van der Waals surface area contributed by atoms with Crippen LogP contribution in [-0.2, 0) is 9.63 Å². The molecule has 0 aliphatic heterocycles. The molecule has 1 amide bonds. The number of carbonyl (C=O) groups excluding carboxylic acids is 1. The van der Waals surface area contributed by atoms with Crippen molar-refractivity contribution in [3.8, 4) is 11.1 Å². The number of likely N-dealkylation sites (N-methyl/N-ethyl adjacent to an activating group) is 1. The highest BCUT2D eigenvalue weighted by atomic mass is 16.6. The van der Waals surface area contributed by atoms with E-state index < -0.39 is 0 Å². The van der Waals surface area contributed by atoms with Crippen LogP contribution in [0.5, 0.6) is 0 Å². The van der Waals surface area contributed by atoms with Gasteiger partial charge in [-0.25, -0.2) is 0 Å². The van der Waals surface area contributed by atoms with Gasteiger partial charge in [-0.15, -0.1) is 0 Å². The SMILES string of the molecule is CN(C(=O)CON=C1c2ccccc2-c2ccccc21)c1ccccc1. The summed E-state index contributed by atoms with van der Waals surface area (Å²) in [4.78, 5) is 19.3. The summed E-state index contributed by atoms with van der Waals surface area (Å²) < 4.78 is 0. The molecular weight excluding hydrogens is 324 g/mol. The number of rotatable bonds is 4. The van der Waals surface area contributed by atoms with Crippen molar-refractivity contribution in [3.63, 3.8) is 0 Å². The van der Waals surface area contributed by atoms with E-state index in [9.17, 15) is 4.79 Å². The number of fused-ring (bicyclic) bond motifs is 3. The summed E-state index contributed by atoms with van der Waals surface area (Å²) in [6, 6.07) is 25.7. The maximum Gasteiger partial charge on any atom is 0.267 e. The van der Waals surface area contributed by atoms with Crippen LogP contribution in [-0.4, -0.2) is 25.3 Å². The van der Waals surface area contributed by atoms with Gasteiger partial charge in [0.2, 0.25) is 0 Å². The molecule has 0 aromatic heterocycles. The van der Waals surface area contributed by atoms with Gasteiger partial charge >= 0.3 is 0 Å². The molecule has 3 aromatic rings. The van der Waals surface area contributed by atoms with Gasteiger partial charge in [0, 0.05) is 23.9 Å². The molecule has 0 atom stereocenters. The van der Waals surface area contributed by atoms with Crippen molar-refractivity contribution in [1.29, 1.82) is 0 Å². The van der Waals surface area contributed by atoms with Gasteiger partial charge in [0.1, 0.15) is 5.71 Å².